The van der Waals surface area contributed by atoms with Crippen LogP contribution in [-0.4, -0.2) is 50.0 Å². The largest absolute Gasteiger partial charge is 0.493 e. The summed E-state index contributed by atoms with van der Waals surface area (Å²) in [6, 6.07) is 17.4. The molecule has 210 valence electrons. The van der Waals surface area contributed by atoms with E-state index in [1.165, 1.54) is 12.1 Å². The van der Waals surface area contributed by atoms with Gasteiger partial charge in [0.25, 0.3) is 5.56 Å². The molecular weight excluding hydrogens is 533 g/mol. The number of halogens is 1. The Balaban J connectivity index is 1.55. The fourth-order valence-electron chi connectivity index (χ4n) is 4.37. The maximum absolute atomic E-state index is 13.5. The van der Waals surface area contributed by atoms with E-state index in [4.69, 9.17) is 31.2 Å². The summed E-state index contributed by atoms with van der Waals surface area (Å²) in [5.74, 6) is 2.09. The van der Waals surface area contributed by atoms with E-state index >= 15 is 0 Å². The van der Waals surface area contributed by atoms with Crippen LogP contribution in [0.5, 0.6) is 23.0 Å². The van der Waals surface area contributed by atoms with Gasteiger partial charge in [0.05, 0.1) is 40.5 Å². The number of aromatic nitrogens is 1. The highest BCUT2D eigenvalue weighted by molar-refractivity contribution is 7.80. The number of aromatic amines is 1. The highest BCUT2D eigenvalue weighted by atomic mass is 32.1. The lowest BCUT2D eigenvalue weighted by atomic mass is 10.1. The summed E-state index contributed by atoms with van der Waals surface area (Å²) in [4.78, 5) is 17.9. The van der Waals surface area contributed by atoms with Gasteiger partial charge < -0.3 is 34.1 Å². The number of rotatable bonds is 11. The summed E-state index contributed by atoms with van der Waals surface area (Å²) in [7, 11) is 6.31. The van der Waals surface area contributed by atoms with Crippen molar-refractivity contribution in [2.45, 2.75) is 19.5 Å². The van der Waals surface area contributed by atoms with Crippen molar-refractivity contribution in [3.63, 3.8) is 0 Å². The number of nitrogens with zero attached hydrogens (tertiary/aromatic N) is 1. The molecule has 8 nitrogen and oxygen atoms in total. The monoisotopic (exact) mass is 565 g/mol. The number of H-pyrrole nitrogens is 1. The van der Waals surface area contributed by atoms with Gasteiger partial charge in [-0.15, -0.1) is 0 Å². The first-order chi connectivity index (χ1) is 19.3. The van der Waals surface area contributed by atoms with Gasteiger partial charge in [-0.2, -0.15) is 0 Å². The summed E-state index contributed by atoms with van der Waals surface area (Å²) >= 11 is 5.76. The van der Waals surface area contributed by atoms with Gasteiger partial charge in [0.15, 0.2) is 28.1 Å². The minimum absolute atomic E-state index is 0.235. The molecule has 0 saturated heterocycles. The number of hydrogen-bond donors (Lipinski definition) is 2. The number of ether oxygens (including phenoxy) is 4. The maximum Gasteiger partial charge on any atom is 0.253 e. The zero-order chi connectivity index (χ0) is 28.6. The average Bonchev–Trinajstić information content (AvgIpc) is 2.97. The number of nitrogens with one attached hydrogen (secondary N) is 2. The lowest BCUT2D eigenvalue weighted by molar-refractivity contribution is 0.354. The van der Waals surface area contributed by atoms with Crippen LogP contribution in [0.25, 0.3) is 10.9 Å². The van der Waals surface area contributed by atoms with Crippen molar-refractivity contribution in [1.82, 2.24) is 15.2 Å². The molecular formula is C30H32FN3O5S. The van der Waals surface area contributed by atoms with Crippen LogP contribution in [0.3, 0.4) is 0 Å². The summed E-state index contributed by atoms with van der Waals surface area (Å²) in [6.07, 6.45) is 0.684. The zero-order valence-electron chi connectivity index (χ0n) is 22.9. The second-order valence-electron chi connectivity index (χ2n) is 9.07. The molecule has 2 N–H and O–H groups in total. The molecule has 0 aliphatic carbocycles. The number of benzene rings is 3. The van der Waals surface area contributed by atoms with Gasteiger partial charge in [-0.05, 0) is 66.2 Å². The SMILES string of the molecule is COc1ccc(CCNC(=S)N(Cc2ccc(F)cc2)Cc2cc3cc(OC)c(OC)cc3[nH]c2=O)cc1OC. The molecule has 0 fully saturated rings. The van der Waals surface area contributed by atoms with Crippen LogP contribution >= 0.6 is 12.2 Å². The summed E-state index contributed by atoms with van der Waals surface area (Å²) < 4.78 is 35.0. The van der Waals surface area contributed by atoms with E-state index in [9.17, 15) is 9.18 Å². The molecule has 0 unspecified atom stereocenters. The molecule has 4 rings (SSSR count). The molecule has 0 atom stereocenters. The Hall–Kier alpha value is -4.31. The van der Waals surface area contributed by atoms with E-state index in [-0.39, 0.29) is 17.9 Å². The minimum atomic E-state index is -0.318. The van der Waals surface area contributed by atoms with Crippen LogP contribution in [-0.2, 0) is 19.5 Å². The fourth-order valence-corrected chi connectivity index (χ4v) is 4.60. The number of hydrogen-bond acceptors (Lipinski definition) is 6. The Morgan fingerprint density at radius 2 is 1.45 bits per heavy atom. The molecule has 4 aromatic rings. The first kappa shape index (κ1) is 28.7. The summed E-state index contributed by atoms with van der Waals surface area (Å²) in [5.41, 5.74) is 2.82. The van der Waals surface area contributed by atoms with Crippen LogP contribution in [0.2, 0.25) is 0 Å². The van der Waals surface area contributed by atoms with Gasteiger partial charge in [-0.25, -0.2) is 4.39 Å². The average molecular weight is 566 g/mol. The predicted octanol–water partition coefficient (Wildman–Crippen LogP) is 4.82. The highest BCUT2D eigenvalue weighted by Gasteiger charge is 2.16. The van der Waals surface area contributed by atoms with E-state index < -0.39 is 0 Å². The van der Waals surface area contributed by atoms with Crippen molar-refractivity contribution in [2.75, 3.05) is 35.0 Å². The Morgan fingerprint density at radius 1 is 0.825 bits per heavy atom. The van der Waals surface area contributed by atoms with Gasteiger partial charge >= 0.3 is 0 Å². The van der Waals surface area contributed by atoms with Crippen LogP contribution < -0.4 is 29.8 Å². The Morgan fingerprint density at radius 3 is 2.12 bits per heavy atom. The third kappa shape index (κ3) is 6.81. The molecule has 10 heteroatoms. The number of pyridine rings is 1. The van der Waals surface area contributed by atoms with E-state index in [2.05, 4.69) is 10.3 Å². The quantitative estimate of drug-likeness (QED) is 0.251. The smallest absolute Gasteiger partial charge is 0.253 e. The molecule has 1 heterocycles. The number of fused-ring (bicyclic) bond motifs is 1. The number of thiocarbonyl (C=S) groups is 1. The standard InChI is InChI=1S/C30H32FN3O5S/c1-36-25-10-7-19(13-26(25)37-2)11-12-32-30(40)34(17-20-5-8-23(31)9-6-20)18-22-14-21-15-27(38-3)28(39-4)16-24(21)33-29(22)35/h5-10,13-16H,11-12,17-18H2,1-4H3,(H,32,40)(H,33,35). The molecule has 0 aliphatic heterocycles. The lowest BCUT2D eigenvalue weighted by Gasteiger charge is -2.26. The molecule has 0 amide bonds. The predicted molar refractivity (Wildman–Crippen MR) is 157 cm³/mol. The second-order valence-corrected chi connectivity index (χ2v) is 9.46. The molecule has 0 aliphatic rings. The first-order valence-corrected chi connectivity index (χ1v) is 13.0. The van der Waals surface area contributed by atoms with Gasteiger partial charge in [-0.1, -0.05) is 18.2 Å². The molecule has 0 bridgehead atoms. The van der Waals surface area contributed by atoms with Crippen molar-refractivity contribution >= 4 is 28.2 Å². The van der Waals surface area contributed by atoms with E-state index in [1.54, 1.807) is 46.6 Å². The second kappa shape index (κ2) is 13.2. The van der Waals surface area contributed by atoms with E-state index in [0.717, 1.165) is 16.5 Å². The van der Waals surface area contributed by atoms with E-state index in [0.29, 0.717) is 58.7 Å². The normalized spacial score (nSPS) is 10.7. The third-order valence-electron chi connectivity index (χ3n) is 6.50. The topological polar surface area (TPSA) is 85.1 Å². The van der Waals surface area contributed by atoms with Crippen LogP contribution in [0, 0.1) is 5.82 Å². The summed E-state index contributed by atoms with van der Waals surface area (Å²) in [6.45, 7) is 1.17. The number of methoxy groups -OCH3 is 4. The Bertz CT molecular complexity index is 1540. The molecule has 0 spiro atoms. The fraction of sp³-hybridized carbons (Fsp3) is 0.267. The molecule has 3 aromatic carbocycles. The van der Waals surface area contributed by atoms with Crippen molar-refractivity contribution in [3.05, 3.63) is 93.5 Å². The van der Waals surface area contributed by atoms with Crippen LogP contribution in [0.15, 0.2) is 65.5 Å². The van der Waals surface area contributed by atoms with Gasteiger partial charge in [0.2, 0.25) is 0 Å². The van der Waals surface area contributed by atoms with Crippen molar-refractivity contribution in [3.8, 4) is 23.0 Å². The molecule has 1 aromatic heterocycles. The van der Waals surface area contributed by atoms with Gasteiger partial charge in [-0.3, -0.25) is 4.79 Å². The van der Waals surface area contributed by atoms with Crippen molar-refractivity contribution in [2.24, 2.45) is 0 Å². The Labute approximate surface area is 237 Å². The molecule has 0 saturated carbocycles. The van der Waals surface area contributed by atoms with Crippen LogP contribution in [0.4, 0.5) is 4.39 Å². The minimum Gasteiger partial charge on any atom is -0.493 e. The maximum atomic E-state index is 13.5. The highest BCUT2D eigenvalue weighted by Crippen LogP contribution is 2.31. The van der Waals surface area contributed by atoms with E-state index in [1.807, 2.05) is 35.2 Å². The summed E-state index contributed by atoms with van der Waals surface area (Å²) in [5, 5.41) is 4.56. The third-order valence-corrected chi connectivity index (χ3v) is 6.90. The van der Waals surface area contributed by atoms with Crippen molar-refractivity contribution in [1.29, 1.82) is 0 Å². The van der Waals surface area contributed by atoms with Crippen LogP contribution in [0.1, 0.15) is 16.7 Å². The Kier molecular flexibility index (Phi) is 9.44. The van der Waals surface area contributed by atoms with Gasteiger partial charge in [0.1, 0.15) is 5.82 Å². The zero-order valence-corrected chi connectivity index (χ0v) is 23.7. The van der Waals surface area contributed by atoms with Gasteiger partial charge in [0, 0.05) is 30.1 Å². The lowest BCUT2D eigenvalue weighted by Crippen LogP contribution is -2.40. The van der Waals surface area contributed by atoms with Crippen molar-refractivity contribution < 1.29 is 23.3 Å². The molecule has 40 heavy (non-hydrogen) atoms. The first-order valence-electron chi connectivity index (χ1n) is 12.6. The molecule has 0 radical (unpaired) electrons.